The van der Waals surface area contributed by atoms with Crippen LogP contribution in [0.1, 0.15) is 15.9 Å². The highest BCUT2D eigenvalue weighted by Crippen LogP contribution is 2.33. The van der Waals surface area contributed by atoms with Crippen molar-refractivity contribution in [2.24, 2.45) is 0 Å². The first kappa shape index (κ1) is 23.0. The number of rotatable bonds is 7. The van der Waals surface area contributed by atoms with Crippen molar-refractivity contribution in [1.82, 2.24) is 20.6 Å². The number of aromatic amines is 2. The number of H-pyrrole nitrogens is 2. The summed E-state index contributed by atoms with van der Waals surface area (Å²) < 4.78 is 0. The van der Waals surface area contributed by atoms with Gasteiger partial charge in [-0.05, 0) is 46.5 Å². The highest BCUT2D eigenvalue weighted by molar-refractivity contribution is 6.01. The van der Waals surface area contributed by atoms with Crippen molar-refractivity contribution in [2.45, 2.75) is 0 Å². The van der Waals surface area contributed by atoms with Gasteiger partial charge in [-0.1, -0.05) is 67.2 Å². The molecule has 0 saturated carbocycles. The summed E-state index contributed by atoms with van der Waals surface area (Å²) in [6, 6.07) is 28.5. The average molecular weight is 473 g/mol. The van der Waals surface area contributed by atoms with Gasteiger partial charge in [-0.2, -0.15) is 0 Å². The summed E-state index contributed by atoms with van der Waals surface area (Å²) in [5.41, 5.74) is 10.9. The quantitative estimate of drug-likeness (QED) is 0.217. The number of amides is 1. The second kappa shape index (κ2) is 9.84. The molecule has 5 rings (SSSR count). The predicted molar refractivity (Wildman–Crippen MR) is 148 cm³/mol. The van der Waals surface area contributed by atoms with Gasteiger partial charge in [0.2, 0.25) is 0 Å². The fraction of sp³-hybridized carbons (Fsp3) is 0.0645. The Morgan fingerprint density at radius 1 is 0.639 bits per heavy atom. The minimum absolute atomic E-state index is 0.0993. The molecule has 1 amide bonds. The maximum Gasteiger partial charge on any atom is 0.251 e. The van der Waals surface area contributed by atoms with Crippen LogP contribution in [-0.4, -0.2) is 30.0 Å². The molecule has 5 aromatic rings. The topological polar surface area (TPSA) is 72.7 Å². The van der Waals surface area contributed by atoms with E-state index in [2.05, 4.69) is 75.7 Å². The summed E-state index contributed by atoms with van der Waals surface area (Å²) in [6.45, 7) is 4.14. The standard InChI is InChI=1S/C31H28N4O/c1-20(32-2)25-11-4-5-12-26(25)23-16-29(34-18-23)21-9-8-10-22(15-21)30-17-24(19-35-30)27-13-6-7-14-28(27)31(36)33-3/h4-19,32,34-35H,1H2,2-3H3,(H,33,36). The summed E-state index contributed by atoms with van der Waals surface area (Å²) in [5.74, 6) is -0.0993. The number of benzene rings is 3. The van der Waals surface area contributed by atoms with E-state index in [1.165, 1.54) is 0 Å². The molecule has 0 bridgehead atoms. The van der Waals surface area contributed by atoms with Crippen LogP contribution in [0.5, 0.6) is 0 Å². The molecule has 0 aliphatic carbocycles. The van der Waals surface area contributed by atoms with Crippen molar-refractivity contribution in [2.75, 3.05) is 14.1 Å². The van der Waals surface area contributed by atoms with E-state index in [0.717, 1.165) is 56.0 Å². The van der Waals surface area contributed by atoms with E-state index in [0.29, 0.717) is 5.56 Å². The first-order valence-corrected chi connectivity index (χ1v) is 11.8. The lowest BCUT2D eigenvalue weighted by molar-refractivity contribution is 0.0963. The summed E-state index contributed by atoms with van der Waals surface area (Å²) in [4.78, 5) is 19.2. The monoisotopic (exact) mass is 472 g/mol. The van der Waals surface area contributed by atoms with Crippen LogP contribution in [0.3, 0.4) is 0 Å². The Morgan fingerprint density at radius 3 is 1.72 bits per heavy atom. The van der Waals surface area contributed by atoms with Crippen molar-refractivity contribution in [3.63, 3.8) is 0 Å². The van der Waals surface area contributed by atoms with Crippen molar-refractivity contribution in [1.29, 1.82) is 0 Å². The Kier molecular flexibility index (Phi) is 6.29. The van der Waals surface area contributed by atoms with Crippen LogP contribution in [0.25, 0.3) is 50.5 Å². The van der Waals surface area contributed by atoms with Crippen LogP contribution in [0, 0.1) is 0 Å². The third kappa shape index (κ3) is 4.34. The molecule has 0 spiro atoms. The van der Waals surface area contributed by atoms with E-state index in [-0.39, 0.29) is 5.91 Å². The van der Waals surface area contributed by atoms with Crippen molar-refractivity contribution >= 4 is 11.6 Å². The smallest absolute Gasteiger partial charge is 0.251 e. The molecule has 0 unspecified atom stereocenters. The van der Waals surface area contributed by atoms with Crippen LogP contribution in [0.15, 0.2) is 104 Å². The number of carbonyl (C=O) groups excluding carboxylic acids is 1. The summed E-state index contributed by atoms with van der Waals surface area (Å²) >= 11 is 0. The molecule has 0 aliphatic rings. The largest absolute Gasteiger partial charge is 0.388 e. The van der Waals surface area contributed by atoms with Gasteiger partial charge in [0.25, 0.3) is 5.91 Å². The van der Waals surface area contributed by atoms with E-state index < -0.39 is 0 Å². The fourth-order valence-corrected chi connectivity index (χ4v) is 4.49. The number of hydrogen-bond acceptors (Lipinski definition) is 2. The summed E-state index contributed by atoms with van der Waals surface area (Å²) in [5, 5.41) is 5.87. The second-order valence-corrected chi connectivity index (χ2v) is 8.58. The molecule has 0 atom stereocenters. The highest BCUT2D eigenvalue weighted by Gasteiger charge is 2.14. The van der Waals surface area contributed by atoms with Gasteiger partial charge in [-0.3, -0.25) is 4.79 Å². The molecule has 2 heterocycles. The zero-order chi connectivity index (χ0) is 25.1. The Morgan fingerprint density at radius 2 is 1.17 bits per heavy atom. The molecule has 5 heteroatoms. The summed E-state index contributed by atoms with van der Waals surface area (Å²) in [7, 11) is 3.53. The molecule has 2 aromatic heterocycles. The minimum atomic E-state index is -0.0993. The third-order valence-electron chi connectivity index (χ3n) is 6.43. The van der Waals surface area contributed by atoms with Gasteiger partial charge in [-0.15, -0.1) is 0 Å². The molecule has 5 nitrogen and oxygen atoms in total. The van der Waals surface area contributed by atoms with E-state index in [1.54, 1.807) is 7.05 Å². The normalized spacial score (nSPS) is 10.7. The lowest BCUT2D eigenvalue weighted by Gasteiger charge is -2.10. The SMILES string of the molecule is C=C(NC)c1ccccc1-c1c[nH]c(-c2cccc(-c3cc(-c4ccccc4C(=O)NC)c[nH]3)c2)c1. The molecule has 0 saturated heterocycles. The van der Waals surface area contributed by atoms with E-state index in [9.17, 15) is 4.79 Å². The van der Waals surface area contributed by atoms with E-state index in [4.69, 9.17) is 0 Å². The fourth-order valence-electron chi connectivity index (χ4n) is 4.49. The molecule has 178 valence electrons. The van der Waals surface area contributed by atoms with Crippen LogP contribution >= 0.6 is 0 Å². The molecule has 4 N–H and O–H groups in total. The van der Waals surface area contributed by atoms with Gasteiger partial charge < -0.3 is 20.6 Å². The Hall–Kier alpha value is -4.77. The first-order valence-electron chi connectivity index (χ1n) is 11.8. The second-order valence-electron chi connectivity index (χ2n) is 8.58. The van der Waals surface area contributed by atoms with Crippen molar-refractivity contribution < 1.29 is 4.79 Å². The van der Waals surface area contributed by atoms with Crippen LogP contribution in [0.2, 0.25) is 0 Å². The van der Waals surface area contributed by atoms with Gasteiger partial charge in [0.1, 0.15) is 0 Å². The number of nitrogens with one attached hydrogen (secondary N) is 4. The van der Waals surface area contributed by atoms with E-state index >= 15 is 0 Å². The van der Waals surface area contributed by atoms with Crippen LogP contribution in [-0.2, 0) is 0 Å². The zero-order valence-electron chi connectivity index (χ0n) is 20.4. The lowest BCUT2D eigenvalue weighted by atomic mass is 9.99. The molecule has 3 aromatic carbocycles. The average Bonchev–Trinajstić information content (AvgIpc) is 3.63. The van der Waals surface area contributed by atoms with E-state index in [1.807, 2.05) is 55.8 Å². The van der Waals surface area contributed by atoms with Gasteiger partial charge in [0, 0.05) is 65.8 Å². The van der Waals surface area contributed by atoms with Crippen molar-refractivity contribution in [3.8, 4) is 44.8 Å². The summed E-state index contributed by atoms with van der Waals surface area (Å²) in [6.07, 6.45) is 3.98. The van der Waals surface area contributed by atoms with Crippen LogP contribution in [0.4, 0.5) is 0 Å². The molecule has 0 aliphatic heterocycles. The molecule has 0 fully saturated rings. The lowest BCUT2D eigenvalue weighted by Crippen LogP contribution is -2.18. The molecule has 36 heavy (non-hydrogen) atoms. The molecule has 0 radical (unpaired) electrons. The van der Waals surface area contributed by atoms with Gasteiger partial charge in [0.15, 0.2) is 0 Å². The minimum Gasteiger partial charge on any atom is -0.388 e. The first-order chi connectivity index (χ1) is 17.6. The number of hydrogen-bond donors (Lipinski definition) is 4. The number of carbonyl (C=O) groups is 1. The van der Waals surface area contributed by atoms with Gasteiger partial charge in [0.05, 0.1) is 0 Å². The maximum atomic E-state index is 12.3. The zero-order valence-corrected chi connectivity index (χ0v) is 20.4. The molecular formula is C31H28N4O. The highest BCUT2D eigenvalue weighted by atomic mass is 16.1. The van der Waals surface area contributed by atoms with Gasteiger partial charge >= 0.3 is 0 Å². The Bertz CT molecular complexity index is 1440. The Balaban J connectivity index is 1.46. The molecular weight excluding hydrogens is 444 g/mol. The predicted octanol–water partition coefficient (Wildman–Crippen LogP) is 6.56. The third-order valence-corrected chi connectivity index (χ3v) is 6.43. The van der Waals surface area contributed by atoms with Crippen LogP contribution < -0.4 is 10.6 Å². The number of aromatic nitrogens is 2. The van der Waals surface area contributed by atoms with Gasteiger partial charge in [-0.25, -0.2) is 0 Å². The Labute approximate surface area is 210 Å². The van der Waals surface area contributed by atoms with Crippen molar-refractivity contribution in [3.05, 3.63) is 115 Å². The maximum absolute atomic E-state index is 12.3.